The molecular weight excluding hydrogens is 277 g/mol. The lowest BCUT2D eigenvalue weighted by molar-refractivity contribution is 0.555. The van der Waals surface area contributed by atoms with Crippen LogP contribution in [-0.4, -0.2) is 31.2 Å². The molecule has 0 radical (unpaired) electrons. The van der Waals surface area contributed by atoms with Gasteiger partial charge in [0.1, 0.15) is 0 Å². The number of hydrogen-bond acceptors (Lipinski definition) is 4. The normalized spacial score (nSPS) is 15.0. The zero-order chi connectivity index (χ0) is 11.0. The molecule has 1 aromatic carbocycles. The molecule has 0 unspecified atom stereocenters. The van der Waals surface area contributed by atoms with Gasteiger partial charge in [0.05, 0.1) is 5.52 Å². The van der Waals surface area contributed by atoms with Crippen LogP contribution in [0, 0.1) is 0 Å². The van der Waals surface area contributed by atoms with E-state index in [1.54, 1.807) is 0 Å². The molecule has 0 bridgehead atoms. The molecule has 2 heterocycles. The molecule has 0 saturated carbocycles. The lowest BCUT2D eigenvalue weighted by atomic mass is 10.2. The lowest BCUT2D eigenvalue weighted by Gasteiger charge is -2.29. The third-order valence-electron chi connectivity index (χ3n) is 2.88. The van der Waals surface area contributed by atoms with Crippen molar-refractivity contribution >= 4 is 41.6 Å². The van der Waals surface area contributed by atoms with E-state index in [4.69, 9.17) is 4.42 Å². The summed E-state index contributed by atoms with van der Waals surface area (Å²) in [5.41, 5.74) is 2.51. The molecule has 2 aromatic rings. The molecule has 7 heteroatoms. The maximum atomic E-state index is 11.0. The minimum absolute atomic E-state index is 0. The fourth-order valence-electron chi connectivity index (χ4n) is 2.06. The van der Waals surface area contributed by atoms with Crippen LogP contribution in [0.1, 0.15) is 0 Å². The number of benzene rings is 1. The van der Waals surface area contributed by atoms with Gasteiger partial charge in [0.2, 0.25) is 0 Å². The largest absolute Gasteiger partial charge is 0.417 e. The maximum Gasteiger partial charge on any atom is 0.417 e. The molecule has 0 amide bonds. The minimum Gasteiger partial charge on any atom is -0.408 e. The monoisotopic (exact) mass is 291 g/mol. The number of aromatic nitrogens is 1. The predicted molar refractivity (Wildman–Crippen MR) is 76.4 cm³/mol. The Morgan fingerprint density at radius 2 is 1.89 bits per heavy atom. The van der Waals surface area contributed by atoms with Crippen LogP contribution in [0.3, 0.4) is 0 Å². The summed E-state index contributed by atoms with van der Waals surface area (Å²) in [6, 6.07) is 5.79. The maximum absolute atomic E-state index is 11.0. The molecule has 1 aliphatic heterocycles. The van der Waals surface area contributed by atoms with E-state index >= 15 is 0 Å². The minimum atomic E-state index is -0.396. The molecule has 0 aliphatic carbocycles. The molecule has 1 aromatic heterocycles. The van der Waals surface area contributed by atoms with E-state index in [2.05, 4.69) is 15.2 Å². The Kier molecular flexibility index (Phi) is 5.07. The number of halogens is 2. The van der Waals surface area contributed by atoms with Crippen LogP contribution in [-0.2, 0) is 0 Å². The highest BCUT2D eigenvalue weighted by molar-refractivity contribution is 5.85. The molecule has 0 spiro atoms. The van der Waals surface area contributed by atoms with Gasteiger partial charge in [-0.2, -0.15) is 0 Å². The Morgan fingerprint density at radius 3 is 2.61 bits per heavy atom. The van der Waals surface area contributed by atoms with Crippen LogP contribution in [0.15, 0.2) is 27.4 Å². The van der Waals surface area contributed by atoms with Crippen molar-refractivity contribution < 1.29 is 4.42 Å². The van der Waals surface area contributed by atoms with Crippen LogP contribution < -0.4 is 16.0 Å². The summed E-state index contributed by atoms with van der Waals surface area (Å²) in [6.07, 6.45) is 0. The second-order valence-corrected chi connectivity index (χ2v) is 3.93. The van der Waals surface area contributed by atoms with Crippen LogP contribution in [0.5, 0.6) is 0 Å². The van der Waals surface area contributed by atoms with Crippen molar-refractivity contribution in [3.05, 3.63) is 28.7 Å². The van der Waals surface area contributed by atoms with Gasteiger partial charge in [-0.25, -0.2) is 4.79 Å². The number of nitrogens with zero attached hydrogens (tertiary/aromatic N) is 1. The topological polar surface area (TPSA) is 61.3 Å². The second-order valence-electron chi connectivity index (χ2n) is 3.93. The van der Waals surface area contributed by atoms with E-state index in [-0.39, 0.29) is 24.8 Å². The number of aromatic amines is 1. The van der Waals surface area contributed by atoms with Gasteiger partial charge in [-0.1, -0.05) is 0 Å². The summed E-state index contributed by atoms with van der Waals surface area (Å²) in [5, 5.41) is 3.31. The lowest BCUT2D eigenvalue weighted by Crippen LogP contribution is -2.43. The summed E-state index contributed by atoms with van der Waals surface area (Å²) < 4.78 is 4.97. The Hall–Kier alpha value is -1.17. The van der Waals surface area contributed by atoms with Gasteiger partial charge in [-0.3, -0.25) is 4.98 Å². The van der Waals surface area contributed by atoms with Gasteiger partial charge in [-0.05, 0) is 18.2 Å². The first-order valence-corrected chi connectivity index (χ1v) is 5.41. The number of fused-ring (bicyclic) bond motifs is 1. The fraction of sp³-hybridized carbons (Fsp3) is 0.364. The average molecular weight is 292 g/mol. The number of nitrogens with one attached hydrogen (secondary N) is 2. The van der Waals surface area contributed by atoms with Crippen molar-refractivity contribution in [3.8, 4) is 0 Å². The molecular formula is C11H15Cl2N3O2. The van der Waals surface area contributed by atoms with Crippen LogP contribution in [0.25, 0.3) is 11.1 Å². The highest BCUT2D eigenvalue weighted by Crippen LogP contribution is 2.20. The molecule has 2 N–H and O–H groups in total. The van der Waals surface area contributed by atoms with E-state index < -0.39 is 5.76 Å². The van der Waals surface area contributed by atoms with E-state index in [1.807, 2.05) is 18.2 Å². The smallest absolute Gasteiger partial charge is 0.408 e. The highest BCUT2D eigenvalue weighted by atomic mass is 35.5. The van der Waals surface area contributed by atoms with Gasteiger partial charge < -0.3 is 14.6 Å². The fourth-order valence-corrected chi connectivity index (χ4v) is 2.06. The van der Waals surface area contributed by atoms with Gasteiger partial charge in [0.25, 0.3) is 0 Å². The number of hydrogen-bond donors (Lipinski definition) is 2. The zero-order valence-electron chi connectivity index (χ0n) is 9.64. The standard InChI is InChI=1S/C11H13N3O2.2ClH/c15-11-13-9-7-8(1-2-10(9)16-11)14-5-3-12-4-6-14;;/h1-2,7,12H,3-6H2,(H,13,15);2*1H. The third-order valence-corrected chi connectivity index (χ3v) is 2.88. The highest BCUT2D eigenvalue weighted by Gasteiger charge is 2.11. The van der Waals surface area contributed by atoms with Gasteiger partial charge >= 0.3 is 5.76 Å². The van der Waals surface area contributed by atoms with Crippen molar-refractivity contribution in [3.63, 3.8) is 0 Å². The van der Waals surface area contributed by atoms with E-state index in [1.165, 1.54) is 0 Å². The molecule has 1 fully saturated rings. The van der Waals surface area contributed by atoms with Crippen molar-refractivity contribution in [2.45, 2.75) is 0 Å². The number of anilines is 1. The van der Waals surface area contributed by atoms with Crippen molar-refractivity contribution in [2.75, 3.05) is 31.1 Å². The van der Waals surface area contributed by atoms with E-state index in [9.17, 15) is 4.79 Å². The summed E-state index contributed by atoms with van der Waals surface area (Å²) in [4.78, 5) is 16.0. The average Bonchev–Trinajstić information content (AvgIpc) is 2.69. The van der Waals surface area contributed by atoms with Crippen LogP contribution in [0.2, 0.25) is 0 Å². The first-order chi connectivity index (χ1) is 7.83. The Labute approximate surface area is 116 Å². The number of oxazole rings is 1. The summed E-state index contributed by atoms with van der Waals surface area (Å²) in [7, 11) is 0. The molecule has 18 heavy (non-hydrogen) atoms. The number of piperazine rings is 1. The third kappa shape index (κ3) is 2.80. The zero-order valence-corrected chi connectivity index (χ0v) is 11.3. The van der Waals surface area contributed by atoms with Gasteiger partial charge in [-0.15, -0.1) is 24.8 Å². The van der Waals surface area contributed by atoms with Gasteiger partial charge in [0, 0.05) is 31.9 Å². The van der Waals surface area contributed by atoms with Crippen molar-refractivity contribution in [1.29, 1.82) is 0 Å². The summed E-state index contributed by atoms with van der Waals surface area (Å²) >= 11 is 0. The Balaban J connectivity index is 0.000000810. The molecule has 1 saturated heterocycles. The van der Waals surface area contributed by atoms with Crippen molar-refractivity contribution in [1.82, 2.24) is 10.3 Å². The predicted octanol–water partition coefficient (Wildman–Crippen LogP) is 1.37. The van der Waals surface area contributed by atoms with E-state index in [0.29, 0.717) is 5.58 Å². The van der Waals surface area contributed by atoms with Gasteiger partial charge in [0.15, 0.2) is 5.58 Å². The second kappa shape index (κ2) is 6.13. The number of rotatable bonds is 1. The number of H-pyrrole nitrogens is 1. The SMILES string of the molecule is Cl.Cl.O=c1[nH]c2cc(N3CCNCC3)ccc2o1. The van der Waals surface area contributed by atoms with Crippen molar-refractivity contribution in [2.24, 2.45) is 0 Å². The summed E-state index contributed by atoms with van der Waals surface area (Å²) in [5.74, 6) is -0.396. The molecule has 1 aliphatic rings. The van der Waals surface area contributed by atoms with Crippen LogP contribution >= 0.6 is 24.8 Å². The molecule has 0 atom stereocenters. The first kappa shape index (κ1) is 14.9. The summed E-state index contributed by atoms with van der Waals surface area (Å²) in [6.45, 7) is 3.99. The van der Waals surface area contributed by atoms with E-state index in [0.717, 1.165) is 37.4 Å². The van der Waals surface area contributed by atoms with Crippen LogP contribution in [0.4, 0.5) is 5.69 Å². The molecule has 100 valence electrons. The molecule has 5 nitrogen and oxygen atoms in total. The quantitative estimate of drug-likeness (QED) is 0.833. The molecule has 3 rings (SSSR count). The Bertz CT molecular complexity index is 561. The first-order valence-electron chi connectivity index (χ1n) is 5.41. The Morgan fingerprint density at radius 1 is 1.17 bits per heavy atom.